The van der Waals surface area contributed by atoms with Gasteiger partial charge in [0.2, 0.25) is 0 Å². The van der Waals surface area contributed by atoms with Crippen molar-refractivity contribution in [1.29, 1.82) is 0 Å². The third-order valence-corrected chi connectivity index (χ3v) is 3.96. The number of benzene rings is 2. The summed E-state index contributed by atoms with van der Waals surface area (Å²) >= 11 is 0. The van der Waals surface area contributed by atoms with Gasteiger partial charge in [0, 0.05) is 29.9 Å². The molecule has 2 amide bonds. The van der Waals surface area contributed by atoms with E-state index in [9.17, 15) is 19.7 Å². The minimum Gasteiger partial charge on any atom is -0.481 e. The van der Waals surface area contributed by atoms with E-state index in [-0.39, 0.29) is 17.5 Å². The number of nitro groups is 1. The average molecular weight is 385 g/mol. The van der Waals surface area contributed by atoms with Gasteiger partial charge in [0.05, 0.1) is 4.92 Å². The molecule has 0 heterocycles. The highest BCUT2D eigenvalue weighted by atomic mass is 16.6. The van der Waals surface area contributed by atoms with Crippen molar-refractivity contribution >= 4 is 23.2 Å². The van der Waals surface area contributed by atoms with Crippen molar-refractivity contribution in [1.82, 2.24) is 5.32 Å². The minimum atomic E-state index is -0.807. The standard InChI is InChI=1S/C20H23N3O5/c1-3-4-13-21-20(25)15-5-7-16(8-6-15)22-19(24)14(2)28-18-11-9-17(10-12-18)23(26)27/h5-12,14H,3-4,13H2,1-2H3,(H,21,25)(H,22,24). The summed E-state index contributed by atoms with van der Waals surface area (Å²) in [4.78, 5) is 34.4. The molecule has 8 heteroatoms. The molecule has 0 spiro atoms. The number of carbonyl (C=O) groups excluding carboxylic acids is 2. The van der Waals surface area contributed by atoms with Gasteiger partial charge < -0.3 is 15.4 Å². The fourth-order valence-electron chi connectivity index (χ4n) is 2.33. The summed E-state index contributed by atoms with van der Waals surface area (Å²) in [6.07, 6.45) is 1.12. The number of nitrogens with one attached hydrogen (secondary N) is 2. The van der Waals surface area contributed by atoms with Crippen LogP contribution in [0.1, 0.15) is 37.0 Å². The van der Waals surface area contributed by atoms with Crippen molar-refractivity contribution in [3.63, 3.8) is 0 Å². The monoisotopic (exact) mass is 385 g/mol. The molecule has 0 aromatic heterocycles. The van der Waals surface area contributed by atoms with Crippen LogP contribution in [0.5, 0.6) is 5.75 Å². The molecule has 1 atom stereocenters. The van der Waals surface area contributed by atoms with Gasteiger partial charge in [-0.25, -0.2) is 0 Å². The highest BCUT2D eigenvalue weighted by molar-refractivity contribution is 5.96. The van der Waals surface area contributed by atoms with Gasteiger partial charge in [-0.1, -0.05) is 13.3 Å². The van der Waals surface area contributed by atoms with Crippen LogP contribution < -0.4 is 15.4 Å². The van der Waals surface area contributed by atoms with Crippen molar-refractivity contribution in [2.24, 2.45) is 0 Å². The quantitative estimate of drug-likeness (QED) is 0.390. The maximum Gasteiger partial charge on any atom is 0.269 e. The largest absolute Gasteiger partial charge is 0.481 e. The smallest absolute Gasteiger partial charge is 0.269 e. The van der Waals surface area contributed by atoms with Crippen LogP contribution in [0.25, 0.3) is 0 Å². The molecule has 0 radical (unpaired) electrons. The summed E-state index contributed by atoms with van der Waals surface area (Å²) in [5, 5.41) is 16.2. The van der Waals surface area contributed by atoms with Gasteiger partial charge in [0.25, 0.3) is 17.5 Å². The zero-order valence-electron chi connectivity index (χ0n) is 15.8. The van der Waals surface area contributed by atoms with Crippen LogP contribution in [-0.2, 0) is 4.79 Å². The van der Waals surface area contributed by atoms with Gasteiger partial charge >= 0.3 is 0 Å². The first kappa shape index (κ1) is 20.9. The molecule has 28 heavy (non-hydrogen) atoms. The molecular weight excluding hydrogens is 362 g/mol. The van der Waals surface area contributed by atoms with E-state index in [1.165, 1.54) is 24.3 Å². The Labute approximate surface area is 163 Å². The van der Waals surface area contributed by atoms with Gasteiger partial charge in [0.15, 0.2) is 6.10 Å². The second-order valence-electron chi connectivity index (χ2n) is 6.19. The Morgan fingerprint density at radius 2 is 1.75 bits per heavy atom. The highest BCUT2D eigenvalue weighted by Crippen LogP contribution is 2.19. The first-order valence-corrected chi connectivity index (χ1v) is 9.01. The van der Waals surface area contributed by atoms with Crippen LogP contribution in [0.15, 0.2) is 48.5 Å². The number of carbonyl (C=O) groups is 2. The van der Waals surface area contributed by atoms with Crippen LogP contribution in [-0.4, -0.2) is 29.4 Å². The van der Waals surface area contributed by atoms with Crippen molar-refractivity contribution in [3.8, 4) is 5.75 Å². The molecule has 0 aliphatic heterocycles. The lowest BCUT2D eigenvalue weighted by atomic mass is 10.2. The maximum atomic E-state index is 12.3. The second-order valence-corrected chi connectivity index (χ2v) is 6.19. The number of nitro benzene ring substituents is 1. The summed E-state index contributed by atoms with van der Waals surface area (Å²) in [6.45, 7) is 4.26. The molecule has 0 saturated heterocycles. The van der Waals surface area contributed by atoms with Crippen molar-refractivity contribution in [3.05, 3.63) is 64.2 Å². The average Bonchev–Trinajstić information content (AvgIpc) is 2.69. The van der Waals surface area contributed by atoms with E-state index in [0.29, 0.717) is 23.5 Å². The van der Waals surface area contributed by atoms with Gasteiger partial charge in [-0.05, 0) is 49.7 Å². The number of non-ortho nitro benzene ring substituents is 1. The number of rotatable bonds is 9. The summed E-state index contributed by atoms with van der Waals surface area (Å²) < 4.78 is 5.50. The van der Waals surface area contributed by atoms with Crippen LogP contribution in [0.2, 0.25) is 0 Å². The SMILES string of the molecule is CCCCNC(=O)c1ccc(NC(=O)C(C)Oc2ccc([N+](=O)[O-])cc2)cc1. The molecule has 0 saturated carbocycles. The topological polar surface area (TPSA) is 111 Å². The van der Waals surface area contributed by atoms with Crippen LogP contribution in [0.4, 0.5) is 11.4 Å². The lowest BCUT2D eigenvalue weighted by Gasteiger charge is -2.15. The highest BCUT2D eigenvalue weighted by Gasteiger charge is 2.16. The maximum absolute atomic E-state index is 12.3. The number of anilines is 1. The normalized spacial score (nSPS) is 11.4. The Balaban J connectivity index is 1.89. The number of unbranched alkanes of at least 4 members (excludes halogenated alkanes) is 1. The van der Waals surface area contributed by atoms with Crippen molar-refractivity contribution < 1.29 is 19.2 Å². The second kappa shape index (κ2) is 10.1. The Morgan fingerprint density at radius 3 is 2.32 bits per heavy atom. The van der Waals surface area contributed by atoms with Crippen molar-refractivity contribution in [2.75, 3.05) is 11.9 Å². The van der Waals surface area contributed by atoms with Gasteiger partial charge in [-0.2, -0.15) is 0 Å². The molecule has 0 bridgehead atoms. The Hall–Kier alpha value is -3.42. The number of nitrogens with zero attached hydrogens (tertiary/aromatic N) is 1. The van der Waals surface area contributed by atoms with E-state index < -0.39 is 11.0 Å². The van der Waals surface area contributed by atoms with E-state index in [2.05, 4.69) is 17.6 Å². The van der Waals surface area contributed by atoms with Crippen molar-refractivity contribution in [2.45, 2.75) is 32.8 Å². The molecule has 8 nitrogen and oxygen atoms in total. The molecule has 0 aliphatic rings. The number of ether oxygens (including phenoxy) is 1. The predicted octanol–water partition coefficient (Wildman–Crippen LogP) is 3.53. The van der Waals surface area contributed by atoms with E-state index in [1.807, 2.05) is 0 Å². The lowest BCUT2D eigenvalue weighted by molar-refractivity contribution is -0.384. The molecule has 2 N–H and O–H groups in total. The molecule has 0 fully saturated rings. The first-order chi connectivity index (χ1) is 13.4. The molecule has 2 rings (SSSR count). The molecule has 148 valence electrons. The summed E-state index contributed by atoms with van der Waals surface area (Å²) in [7, 11) is 0. The van der Waals surface area contributed by atoms with Crippen LogP contribution in [0, 0.1) is 10.1 Å². The van der Waals surface area contributed by atoms with E-state index in [1.54, 1.807) is 31.2 Å². The molecule has 0 aliphatic carbocycles. The Bertz CT molecular complexity index is 819. The Morgan fingerprint density at radius 1 is 1.11 bits per heavy atom. The zero-order chi connectivity index (χ0) is 20.5. The van der Waals surface area contributed by atoms with E-state index in [0.717, 1.165) is 12.8 Å². The fraction of sp³-hybridized carbons (Fsp3) is 0.300. The van der Waals surface area contributed by atoms with Crippen LogP contribution >= 0.6 is 0 Å². The Kier molecular flexibility index (Phi) is 7.50. The number of hydrogen-bond donors (Lipinski definition) is 2. The van der Waals surface area contributed by atoms with Gasteiger partial charge in [-0.3, -0.25) is 19.7 Å². The molecular formula is C20H23N3O5. The van der Waals surface area contributed by atoms with E-state index >= 15 is 0 Å². The van der Waals surface area contributed by atoms with Crippen LogP contribution in [0.3, 0.4) is 0 Å². The lowest BCUT2D eigenvalue weighted by Crippen LogP contribution is -2.30. The number of amides is 2. The third kappa shape index (κ3) is 6.08. The molecule has 2 aromatic rings. The summed E-state index contributed by atoms with van der Waals surface area (Å²) in [5.74, 6) is -0.174. The zero-order valence-corrected chi connectivity index (χ0v) is 15.8. The fourth-order valence-corrected chi connectivity index (χ4v) is 2.33. The molecule has 1 unspecified atom stereocenters. The van der Waals surface area contributed by atoms with Gasteiger partial charge in [0.1, 0.15) is 5.75 Å². The summed E-state index contributed by atoms with van der Waals surface area (Å²) in [5.41, 5.74) is 1.00. The van der Waals surface area contributed by atoms with Gasteiger partial charge in [-0.15, -0.1) is 0 Å². The number of hydrogen-bond acceptors (Lipinski definition) is 5. The third-order valence-electron chi connectivity index (χ3n) is 3.96. The van der Waals surface area contributed by atoms with E-state index in [4.69, 9.17) is 4.74 Å². The first-order valence-electron chi connectivity index (χ1n) is 9.01. The molecule has 2 aromatic carbocycles. The summed E-state index contributed by atoms with van der Waals surface area (Å²) in [6, 6.07) is 12.1. The minimum absolute atomic E-state index is 0.0525. The predicted molar refractivity (Wildman–Crippen MR) is 105 cm³/mol.